The van der Waals surface area contributed by atoms with Crippen LogP contribution >= 0.6 is 0 Å². The highest BCUT2D eigenvalue weighted by Gasteiger charge is 2.35. The predicted octanol–water partition coefficient (Wildman–Crippen LogP) is 1.88. The third kappa shape index (κ3) is 4.44. The molecule has 0 bridgehead atoms. The molecule has 0 spiro atoms. The quantitative estimate of drug-likeness (QED) is 0.552. The highest BCUT2D eigenvalue weighted by Crippen LogP contribution is 2.35. The normalized spacial score (nSPS) is 17.1. The van der Waals surface area contributed by atoms with Crippen LogP contribution < -0.4 is 10.2 Å². The Kier molecular flexibility index (Phi) is 5.89. The third-order valence-electron chi connectivity index (χ3n) is 6.38. The van der Waals surface area contributed by atoms with Gasteiger partial charge in [0.15, 0.2) is 5.65 Å². The van der Waals surface area contributed by atoms with Gasteiger partial charge in [-0.1, -0.05) is 6.07 Å². The number of benzene rings is 1. The number of carbonyl (C=O) groups is 2. The SMILES string of the molecule is CC(C)(O)[C@H](F)CN1Cc2cc(NC(=O)c3cccc4ncnn34)c(N3CCOCC3)cc2C1=O. The molecule has 1 fully saturated rings. The van der Waals surface area contributed by atoms with E-state index < -0.39 is 11.8 Å². The Morgan fingerprint density at radius 1 is 1.29 bits per heavy atom. The number of hydrogen-bond acceptors (Lipinski definition) is 7. The minimum atomic E-state index is -1.60. The van der Waals surface area contributed by atoms with Crippen LogP contribution in [0.1, 0.15) is 40.3 Å². The van der Waals surface area contributed by atoms with E-state index in [-0.39, 0.29) is 24.9 Å². The first-order valence-electron chi connectivity index (χ1n) is 11.5. The first-order valence-corrected chi connectivity index (χ1v) is 11.5. The van der Waals surface area contributed by atoms with Gasteiger partial charge in [0.2, 0.25) is 0 Å². The number of morpholine rings is 1. The van der Waals surface area contributed by atoms with Crippen molar-refractivity contribution in [2.45, 2.75) is 32.2 Å². The first kappa shape index (κ1) is 23.2. The monoisotopic (exact) mass is 482 g/mol. The second kappa shape index (κ2) is 8.90. The number of nitrogens with one attached hydrogen (secondary N) is 1. The lowest BCUT2D eigenvalue weighted by Gasteiger charge is -2.31. The molecule has 1 atom stereocenters. The summed E-state index contributed by atoms with van der Waals surface area (Å²) in [4.78, 5) is 33.9. The molecular formula is C24H27FN6O4. The Morgan fingerprint density at radius 2 is 2.06 bits per heavy atom. The van der Waals surface area contributed by atoms with Crippen LogP contribution in [0, 0.1) is 0 Å². The number of nitrogens with zero attached hydrogens (tertiary/aromatic N) is 5. The number of pyridine rings is 1. The van der Waals surface area contributed by atoms with Crippen molar-refractivity contribution >= 4 is 28.8 Å². The zero-order valence-corrected chi connectivity index (χ0v) is 19.6. The molecule has 3 aromatic rings. The van der Waals surface area contributed by atoms with E-state index in [1.807, 2.05) is 0 Å². The van der Waals surface area contributed by atoms with Gasteiger partial charge >= 0.3 is 0 Å². The molecule has 2 aliphatic heterocycles. The number of ether oxygens (including phenoxy) is 1. The average molecular weight is 483 g/mol. The lowest BCUT2D eigenvalue weighted by molar-refractivity contribution is -0.0159. The van der Waals surface area contributed by atoms with Gasteiger partial charge in [-0.05, 0) is 43.7 Å². The van der Waals surface area contributed by atoms with Crippen LogP contribution in [0.5, 0.6) is 0 Å². The van der Waals surface area contributed by atoms with Gasteiger partial charge in [0, 0.05) is 25.2 Å². The Hall–Kier alpha value is -3.57. The van der Waals surface area contributed by atoms with E-state index in [2.05, 4.69) is 20.3 Å². The zero-order chi connectivity index (χ0) is 24.7. The average Bonchev–Trinajstić information content (AvgIpc) is 3.43. The fourth-order valence-corrected chi connectivity index (χ4v) is 4.34. The van der Waals surface area contributed by atoms with Crippen LogP contribution in [0.2, 0.25) is 0 Å². The van der Waals surface area contributed by atoms with Gasteiger partial charge in [0.05, 0.1) is 36.7 Å². The van der Waals surface area contributed by atoms with Crippen LogP contribution in [0.3, 0.4) is 0 Å². The van der Waals surface area contributed by atoms with Crippen LogP contribution in [0.25, 0.3) is 5.65 Å². The standard InChI is InChI=1S/C24H27FN6O4/c1-24(2,34)20(25)13-30-12-15-10-17(19(11-16(15)23(30)33)29-6-8-35-9-7-29)28-22(32)18-4-3-5-21-26-14-27-31(18)21/h3-5,10-11,14,20,34H,6-9,12-13H2,1-2H3,(H,28,32)/t20-/m1/s1. The Balaban J connectivity index is 1.48. The number of halogens is 1. The van der Waals surface area contributed by atoms with Crippen molar-refractivity contribution in [2.24, 2.45) is 0 Å². The summed E-state index contributed by atoms with van der Waals surface area (Å²) in [6.07, 6.45) is -0.214. The number of aliphatic hydroxyl groups is 1. The summed E-state index contributed by atoms with van der Waals surface area (Å²) in [5.41, 5.74) is 1.69. The number of hydrogen-bond donors (Lipinski definition) is 2. The second-order valence-electron chi connectivity index (χ2n) is 9.33. The summed E-state index contributed by atoms with van der Waals surface area (Å²) in [5, 5.41) is 17.1. The lowest BCUT2D eigenvalue weighted by Crippen LogP contribution is -2.42. The van der Waals surface area contributed by atoms with Crippen molar-refractivity contribution in [2.75, 3.05) is 43.1 Å². The molecule has 1 aromatic carbocycles. The van der Waals surface area contributed by atoms with Crippen molar-refractivity contribution < 1.29 is 23.8 Å². The van der Waals surface area contributed by atoms with Gasteiger partial charge in [-0.3, -0.25) is 9.59 Å². The highest BCUT2D eigenvalue weighted by molar-refractivity contribution is 6.07. The number of aromatic nitrogens is 3. The molecule has 0 radical (unpaired) electrons. The molecule has 5 rings (SSSR count). The molecule has 0 saturated carbocycles. The predicted molar refractivity (Wildman–Crippen MR) is 126 cm³/mol. The smallest absolute Gasteiger partial charge is 0.274 e. The molecule has 2 aliphatic rings. The van der Waals surface area contributed by atoms with Crippen LogP contribution in [-0.4, -0.2) is 81.0 Å². The molecular weight excluding hydrogens is 455 g/mol. The van der Waals surface area contributed by atoms with E-state index in [0.29, 0.717) is 60.1 Å². The molecule has 1 saturated heterocycles. The Bertz CT molecular complexity index is 1280. The van der Waals surface area contributed by atoms with Crippen LogP contribution in [0.4, 0.5) is 15.8 Å². The van der Waals surface area contributed by atoms with Gasteiger partial charge in [-0.25, -0.2) is 13.9 Å². The van der Waals surface area contributed by atoms with Gasteiger partial charge < -0.3 is 25.0 Å². The van der Waals surface area contributed by atoms with Crippen molar-refractivity contribution in [3.05, 3.63) is 53.5 Å². The Morgan fingerprint density at radius 3 is 2.80 bits per heavy atom. The van der Waals surface area contributed by atoms with Gasteiger partial charge in [0.1, 0.15) is 18.2 Å². The van der Waals surface area contributed by atoms with E-state index in [1.54, 1.807) is 30.3 Å². The molecule has 4 heterocycles. The molecule has 2 amide bonds. The first-order chi connectivity index (χ1) is 16.7. The molecule has 184 valence electrons. The molecule has 11 heteroatoms. The molecule has 0 unspecified atom stereocenters. The van der Waals surface area contributed by atoms with E-state index in [9.17, 15) is 19.1 Å². The van der Waals surface area contributed by atoms with Crippen molar-refractivity contribution in [3.63, 3.8) is 0 Å². The second-order valence-corrected chi connectivity index (χ2v) is 9.33. The van der Waals surface area contributed by atoms with Crippen molar-refractivity contribution in [3.8, 4) is 0 Å². The number of alkyl halides is 1. The zero-order valence-electron chi connectivity index (χ0n) is 19.6. The summed E-state index contributed by atoms with van der Waals surface area (Å²) in [6.45, 7) is 4.98. The number of fused-ring (bicyclic) bond motifs is 2. The summed E-state index contributed by atoms with van der Waals surface area (Å²) in [5.74, 6) is -0.672. The number of carbonyl (C=O) groups excluding carboxylic acids is 2. The summed E-state index contributed by atoms with van der Waals surface area (Å²) < 4.78 is 21.5. The van der Waals surface area contributed by atoms with Gasteiger partial charge in [-0.2, -0.15) is 5.10 Å². The number of anilines is 2. The fraction of sp³-hybridized carbons (Fsp3) is 0.417. The number of amides is 2. The van der Waals surface area contributed by atoms with Gasteiger partial charge in [0.25, 0.3) is 11.8 Å². The summed E-state index contributed by atoms with van der Waals surface area (Å²) in [6, 6.07) is 8.67. The minimum absolute atomic E-state index is 0.190. The van der Waals surface area contributed by atoms with Gasteiger partial charge in [-0.15, -0.1) is 0 Å². The molecule has 2 N–H and O–H groups in total. The lowest BCUT2D eigenvalue weighted by atomic mass is 10.0. The number of rotatable bonds is 6. The molecule has 0 aliphatic carbocycles. The van der Waals surface area contributed by atoms with Crippen LogP contribution in [0.15, 0.2) is 36.7 Å². The van der Waals surface area contributed by atoms with E-state index in [0.717, 1.165) is 0 Å². The highest BCUT2D eigenvalue weighted by atomic mass is 19.1. The third-order valence-corrected chi connectivity index (χ3v) is 6.38. The molecule has 2 aromatic heterocycles. The Labute approximate surface area is 201 Å². The minimum Gasteiger partial charge on any atom is -0.387 e. The molecule has 35 heavy (non-hydrogen) atoms. The van der Waals surface area contributed by atoms with E-state index in [1.165, 1.54) is 29.6 Å². The maximum absolute atomic E-state index is 14.5. The topological polar surface area (TPSA) is 112 Å². The molecule has 10 nitrogen and oxygen atoms in total. The van der Waals surface area contributed by atoms with Crippen LogP contribution in [-0.2, 0) is 11.3 Å². The van der Waals surface area contributed by atoms with E-state index in [4.69, 9.17) is 4.74 Å². The van der Waals surface area contributed by atoms with Crippen molar-refractivity contribution in [1.29, 1.82) is 0 Å². The van der Waals surface area contributed by atoms with E-state index >= 15 is 0 Å². The summed E-state index contributed by atoms with van der Waals surface area (Å²) >= 11 is 0. The van der Waals surface area contributed by atoms with Crippen molar-refractivity contribution in [1.82, 2.24) is 19.5 Å². The fourth-order valence-electron chi connectivity index (χ4n) is 4.34. The largest absolute Gasteiger partial charge is 0.387 e. The summed E-state index contributed by atoms with van der Waals surface area (Å²) in [7, 11) is 0. The maximum atomic E-state index is 14.5. The maximum Gasteiger partial charge on any atom is 0.274 e.